The number of aliphatic hydroxyl groups is 1. The van der Waals surface area contributed by atoms with Crippen LogP contribution in [0.3, 0.4) is 0 Å². The quantitative estimate of drug-likeness (QED) is 0.197. The molecule has 0 aromatic heterocycles. The van der Waals surface area contributed by atoms with Crippen LogP contribution in [0.5, 0.6) is 0 Å². The van der Waals surface area contributed by atoms with Crippen LogP contribution in [0.25, 0.3) is 0 Å². The van der Waals surface area contributed by atoms with Gasteiger partial charge in [-0.3, -0.25) is 15.0 Å². The second kappa shape index (κ2) is 11.4. The van der Waals surface area contributed by atoms with Crippen molar-refractivity contribution < 1.29 is 18.4 Å². The Hall–Kier alpha value is -1.23. The SMILES string of the molecule is C#Cc1cc([N+](=O)[O-])cc(S(=O)(=O)N2CCN(CCO)CC2)c1N(CCBr)CCBr. The summed E-state index contributed by atoms with van der Waals surface area (Å²) in [7, 11) is -4.03. The van der Waals surface area contributed by atoms with Crippen molar-refractivity contribution in [3.8, 4) is 12.3 Å². The van der Waals surface area contributed by atoms with Gasteiger partial charge in [0.05, 0.1) is 22.8 Å². The van der Waals surface area contributed by atoms with Crippen molar-refractivity contribution >= 4 is 53.3 Å². The molecule has 30 heavy (non-hydrogen) atoms. The van der Waals surface area contributed by atoms with Gasteiger partial charge in [0, 0.05) is 68.6 Å². The molecule has 1 fully saturated rings. The number of nitro groups is 1. The first kappa shape index (κ1) is 25.0. The number of sulfonamides is 1. The predicted octanol–water partition coefficient (Wildman–Crippen LogP) is 1.47. The summed E-state index contributed by atoms with van der Waals surface area (Å²) in [6, 6.07) is 2.34. The highest BCUT2D eigenvalue weighted by Crippen LogP contribution is 2.35. The highest BCUT2D eigenvalue weighted by molar-refractivity contribution is 9.09. The molecular weight excluding hydrogens is 544 g/mol. The number of halogens is 2. The molecule has 9 nitrogen and oxygen atoms in total. The fourth-order valence-electron chi connectivity index (χ4n) is 3.35. The number of terminal acetylenes is 1. The molecule has 166 valence electrons. The molecule has 0 unspecified atom stereocenters. The molecule has 1 N–H and O–H groups in total. The molecule has 0 bridgehead atoms. The smallest absolute Gasteiger partial charge is 0.272 e. The van der Waals surface area contributed by atoms with E-state index in [0.717, 1.165) is 6.07 Å². The Morgan fingerprint density at radius 3 is 2.27 bits per heavy atom. The summed E-state index contributed by atoms with van der Waals surface area (Å²) in [5.74, 6) is 2.43. The number of aliphatic hydroxyl groups excluding tert-OH is 1. The zero-order chi connectivity index (χ0) is 22.3. The van der Waals surface area contributed by atoms with Gasteiger partial charge in [-0.25, -0.2) is 8.42 Å². The number of non-ortho nitro benzene ring substituents is 1. The predicted molar refractivity (Wildman–Crippen MR) is 123 cm³/mol. The number of nitrogens with zero attached hydrogens (tertiary/aromatic N) is 4. The average molecular weight is 568 g/mol. The normalized spacial score (nSPS) is 15.7. The van der Waals surface area contributed by atoms with Gasteiger partial charge in [-0.1, -0.05) is 37.8 Å². The molecule has 2 rings (SSSR count). The number of piperazine rings is 1. The highest BCUT2D eigenvalue weighted by Gasteiger charge is 2.34. The molecule has 1 aliphatic rings. The largest absolute Gasteiger partial charge is 0.395 e. The third kappa shape index (κ3) is 5.72. The van der Waals surface area contributed by atoms with Crippen LogP contribution < -0.4 is 4.90 Å². The van der Waals surface area contributed by atoms with Crippen molar-refractivity contribution in [1.29, 1.82) is 0 Å². The third-order valence-electron chi connectivity index (χ3n) is 4.82. The molecule has 0 amide bonds. The number of benzene rings is 1. The van der Waals surface area contributed by atoms with Gasteiger partial charge in [0.2, 0.25) is 10.0 Å². The van der Waals surface area contributed by atoms with E-state index in [1.807, 2.05) is 9.80 Å². The van der Waals surface area contributed by atoms with Crippen molar-refractivity contribution in [3.05, 3.63) is 27.8 Å². The number of hydrogen-bond acceptors (Lipinski definition) is 7. The van der Waals surface area contributed by atoms with Crippen molar-refractivity contribution in [1.82, 2.24) is 9.21 Å². The summed E-state index contributed by atoms with van der Waals surface area (Å²) < 4.78 is 28.4. The summed E-state index contributed by atoms with van der Waals surface area (Å²) in [5.41, 5.74) is 0.116. The maximum atomic E-state index is 13.5. The average Bonchev–Trinajstić information content (AvgIpc) is 2.73. The minimum atomic E-state index is -4.03. The molecule has 1 aliphatic heterocycles. The lowest BCUT2D eigenvalue weighted by molar-refractivity contribution is -0.385. The van der Waals surface area contributed by atoms with Crippen LogP contribution in [-0.4, -0.2) is 90.7 Å². The number of hydrogen-bond donors (Lipinski definition) is 1. The number of nitro benzene ring substituents is 1. The summed E-state index contributed by atoms with van der Waals surface area (Å²) in [5, 5.41) is 21.7. The molecule has 0 aliphatic carbocycles. The molecular formula is C18H24Br2N4O5S. The first-order valence-corrected chi connectivity index (χ1v) is 13.0. The van der Waals surface area contributed by atoms with E-state index in [-0.39, 0.29) is 35.8 Å². The first-order chi connectivity index (χ1) is 14.3. The molecule has 0 spiro atoms. The van der Waals surface area contributed by atoms with E-state index in [1.54, 1.807) is 0 Å². The molecule has 0 saturated carbocycles. The van der Waals surface area contributed by atoms with Crippen LogP contribution >= 0.6 is 31.9 Å². The maximum absolute atomic E-state index is 13.5. The van der Waals surface area contributed by atoms with Gasteiger partial charge in [0.1, 0.15) is 4.90 Å². The van der Waals surface area contributed by atoms with E-state index < -0.39 is 14.9 Å². The summed E-state index contributed by atoms with van der Waals surface area (Å²) in [4.78, 5) is 14.4. The molecule has 0 radical (unpaired) electrons. The van der Waals surface area contributed by atoms with Crippen LogP contribution in [0.1, 0.15) is 5.56 Å². The topological polar surface area (TPSA) is 107 Å². The van der Waals surface area contributed by atoms with Crippen molar-refractivity contribution in [2.75, 3.05) is 68.0 Å². The minimum absolute atomic E-state index is 0.00135. The first-order valence-electron chi connectivity index (χ1n) is 9.29. The van der Waals surface area contributed by atoms with Gasteiger partial charge in [-0.2, -0.15) is 4.31 Å². The van der Waals surface area contributed by atoms with Gasteiger partial charge >= 0.3 is 0 Å². The summed E-state index contributed by atoms with van der Waals surface area (Å²) in [6.07, 6.45) is 5.63. The lowest BCUT2D eigenvalue weighted by atomic mass is 10.1. The zero-order valence-electron chi connectivity index (χ0n) is 16.3. The number of anilines is 1. The van der Waals surface area contributed by atoms with Crippen LogP contribution in [0.2, 0.25) is 0 Å². The van der Waals surface area contributed by atoms with Crippen LogP contribution in [0, 0.1) is 22.5 Å². The Bertz CT molecular complexity index is 893. The van der Waals surface area contributed by atoms with Crippen molar-refractivity contribution in [2.24, 2.45) is 0 Å². The van der Waals surface area contributed by atoms with Gasteiger partial charge < -0.3 is 10.0 Å². The number of β-amino-alcohol motifs (C(OH)–C–C–N with tert-alkyl or cyclic N) is 1. The van der Waals surface area contributed by atoms with E-state index in [9.17, 15) is 18.5 Å². The maximum Gasteiger partial charge on any atom is 0.272 e. The van der Waals surface area contributed by atoms with Crippen LogP contribution in [-0.2, 0) is 10.0 Å². The van der Waals surface area contributed by atoms with E-state index in [1.165, 1.54) is 10.4 Å². The van der Waals surface area contributed by atoms with Crippen LogP contribution in [0.15, 0.2) is 17.0 Å². The minimum Gasteiger partial charge on any atom is -0.395 e. The lowest BCUT2D eigenvalue weighted by Gasteiger charge is -2.35. The van der Waals surface area contributed by atoms with Crippen molar-refractivity contribution in [3.63, 3.8) is 0 Å². The van der Waals surface area contributed by atoms with E-state index in [4.69, 9.17) is 11.5 Å². The number of rotatable bonds is 10. The number of alkyl halides is 2. The van der Waals surface area contributed by atoms with Gasteiger partial charge in [-0.05, 0) is 0 Å². The Morgan fingerprint density at radius 2 is 1.80 bits per heavy atom. The zero-order valence-corrected chi connectivity index (χ0v) is 20.3. The molecule has 1 aromatic rings. The summed E-state index contributed by atoms with van der Waals surface area (Å²) in [6.45, 7) is 2.83. The summed E-state index contributed by atoms with van der Waals surface area (Å²) >= 11 is 6.74. The van der Waals surface area contributed by atoms with Gasteiger partial charge in [0.25, 0.3) is 5.69 Å². The monoisotopic (exact) mass is 566 g/mol. The van der Waals surface area contributed by atoms with E-state index in [0.29, 0.717) is 49.1 Å². The standard InChI is InChI=1S/C18H24Br2N4O5S/c1-2-15-13-16(24(26)27)14-17(18(15)22(5-3-19)6-4-20)30(28,29)23-9-7-21(8-10-23)11-12-25/h1,13-14,25H,3-12H2. The fraction of sp³-hybridized carbons (Fsp3) is 0.556. The Kier molecular flexibility index (Phi) is 9.52. The Labute approximate surface area is 193 Å². The van der Waals surface area contributed by atoms with Gasteiger partial charge in [0.15, 0.2) is 0 Å². The second-order valence-corrected chi connectivity index (χ2v) is 10.1. The molecule has 1 aromatic carbocycles. The van der Waals surface area contributed by atoms with Gasteiger partial charge in [-0.15, -0.1) is 6.42 Å². The molecule has 1 heterocycles. The Balaban J connectivity index is 2.59. The third-order valence-corrected chi connectivity index (χ3v) is 7.44. The van der Waals surface area contributed by atoms with Crippen molar-refractivity contribution in [2.45, 2.75) is 4.90 Å². The van der Waals surface area contributed by atoms with Crippen LogP contribution in [0.4, 0.5) is 11.4 Å². The molecule has 12 heteroatoms. The molecule has 0 atom stereocenters. The fourth-order valence-corrected chi connectivity index (χ4v) is 5.88. The second-order valence-electron chi connectivity index (χ2n) is 6.58. The Morgan fingerprint density at radius 1 is 1.20 bits per heavy atom. The molecule has 1 saturated heterocycles. The lowest BCUT2D eigenvalue weighted by Crippen LogP contribution is -2.49. The highest BCUT2D eigenvalue weighted by atomic mass is 79.9. The van der Waals surface area contributed by atoms with E-state index >= 15 is 0 Å². The van der Waals surface area contributed by atoms with E-state index in [2.05, 4.69) is 37.8 Å².